The molecule has 0 fully saturated rings. The van der Waals surface area contributed by atoms with Gasteiger partial charge in [0.2, 0.25) is 0 Å². The molecule has 0 saturated heterocycles. The first-order valence-corrected chi connectivity index (χ1v) is 7.14. The first-order chi connectivity index (χ1) is 11.8. The number of anilines is 1. The first kappa shape index (κ1) is 13.9. The predicted octanol–water partition coefficient (Wildman–Crippen LogP) is 1.86. The van der Waals surface area contributed by atoms with Crippen molar-refractivity contribution in [1.82, 2.24) is 29.9 Å². The van der Waals surface area contributed by atoms with Crippen molar-refractivity contribution in [3.8, 4) is 5.82 Å². The molecule has 116 valence electrons. The Bertz CT molecular complexity index is 997. The topological polar surface area (TPSA) is 98.5 Å². The van der Waals surface area contributed by atoms with Crippen molar-refractivity contribution in [2.45, 2.75) is 0 Å². The molecular weight excluding hydrogens is 306 g/mol. The van der Waals surface area contributed by atoms with E-state index in [4.69, 9.17) is 0 Å². The Hall–Kier alpha value is -3.68. The van der Waals surface area contributed by atoms with Crippen LogP contribution in [-0.2, 0) is 0 Å². The van der Waals surface area contributed by atoms with Gasteiger partial charge in [-0.2, -0.15) is 5.10 Å². The molecule has 8 heteroatoms. The van der Waals surface area contributed by atoms with Gasteiger partial charge in [0.1, 0.15) is 12.7 Å². The van der Waals surface area contributed by atoms with E-state index in [2.05, 4.69) is 30.6 Å². The number of carbonyl (C=O) groups is 1. The number of pyridine rings is 1. The maximum absolute atomic E-state index is 12.3. The number of carbonyl (C=O) groups excluding carboxylic acids is 1. The molecule has 0 saturated carbocycles. The average molecular weight is 317 g/mol. The van der Waals surface area contributed by atoms with E-state index >= 15 is 0 Å². The number of nitrogens with zero attached hydrogens (tertiary/aromatic N) is 6. The van der Waals surface area contributed by atoms with Gasteiger partial charge in [0, 0.05) is 17.3 Å². The summed E-state index contributed by atoms with van der Waals surface area (Å²) in [4.78, 5) is 20.4. The van der Waals surface area contributed by atoms with Crippen molar-refractivity contribution in [3.05, 3.63) is 67.0 Å². The molecule has 0 aliphatic rings. The van der Waals surface area contributed by atoms with Crippen LogP contribution in [0, 0.1) is 0 Å². The van der Waals surface area contributed by atoms with Gasteiger partial charge in [-0.25, -0.2) is 9.67 Å². The predicted molar refractivity (Wildman–Crippen MR) is 86.6 cm³/mol. The van der Waals surface area contributed by atoms with Crippen molar-refractivity contribution in [2.24, 2.45) is 0 Å². The molecule has 1 amide bonds. The highest BCUT2D eigenvalue weighted by atomic mass is 16.1. The van der Waals surface area contributed by atoms with Crippen molar-refractivity contribution in [1.29, 1.82) is 0 Å². The average Bonchev–Trinajstić information content (AvgIpc) is 3.16. The molecule has 1 aromatic carbocycles. The summed E-state index contributed by atoms with van der Waals surface area (Å²) in [6.07, 6.45) is 4.64. The van der Waals surface area contributed by atoms with Crippen LogP contribution in [0.1, 0.15) is 10.5 Å². The Kier molecular flexibility index (Phi) is 3.39. The van der Waals surface area contributed by atoms with E-state index < -0.39 is 0 Å². The summed E-state index contributed by atoms with van der Waals surface area (Å²) in [7, 11) is 0. The molecule has 24 heavy (non-hydrogen) atoms. The Balaban J connectivity index is 1.54. The van der Waals surface area contributed by atoms with Crippen molar-refractivity contribution in [3.63, 3.8) is 0 Å². The van der Waals surface area contributed by atoms with Gasteiger partial charge >= 0.3 is 0 Å². The minimum atomic E-state index is -0.337. The third-order valence-electron chi connectivity index (χ3n) is 3.40. The van der Waals surface area contributed by atoms with Gasteiger partial charge in [-0.15, -0.1) is 10.2 Å². The fourth-order valence-electron chi connectivity index (χ4n) is 2.24. The van der Waals surface area contributed by atoms with Gasteiger partial charge in [0.15, 0.2) is 11.5 Å². The molecule has 0 radical (unpaired) electrons. The zero-order chi connectivity index (χ0) is 16.4. The number of hydrogen-bond acceptors (Lipinski definition) is 6. The molecular formula is C16H11N7O. The summed E-state index contributed by atoms with van der Waals surface area (Å²) in [6.45, 7) is 0. The van der Waals surface area contributed by atoms with Crippen molar-refractivity contribution < 1.29 is 4.79 Å². The maximum Gasteiger partial charge on any atom is 0.276 e. The SMILES string of the molecule is O=C(Nc1ccc2ncccc2c1)c1ccc(-n2cncn2)nn1. The van der Waals surface area contributed by atoms with Gasteiger partial charge in [-0.1, -0.05) is 6.07 Å². The normalized spacial score (nSPS) is 10.7. The number of benzene rings is 1. The Labute approximate surface area is 136 Å². The minimum absolute atomic E-state index is 0.213. The second kappa shape index (κ2) is 5.84. The molecule has 0 aliphatic heterocycles. The molecule has 4 rings (SSSR count). The minimum Gasteiger partial charge on any atom is -0.321 e. The highest BCUT2D eigenvalue weighted by molar-refractivity contribution is 6.03. The van der Waals surface area contributed by atoms with E-state index in [0.717, 1.165) is 10.9 Å². The number of fused-ring (bicyclic) bond motifs is 1. The van der Waals surface area contributed by atoms with Crippen LogP contribution >= 0.6 is 0 Å². The summed E-state index contributed by atoms with van der Waals surface area (Å²) >= 11 is 0. The lowest BCUT2D eigenvalue weighted by Crippen LogP contribution is -2.15. The standard InChI is InChI=1S/C16H11N7O/c24-16(14-5-6-15(22-21-14)23-10-17-9-19-23)20-12-3-4-13-11(8-12)2-1-7-18-13/h1-10H,(H,20,24). The van der Waals surface area contributed by atoms with Crippen LogP contribution in [0.3, 0.4) is 0 Å². The summed E-state index contributed by atoms with van der Waals surface area (Å²) < 4.78 is 1.46. The Morgan fingerprint density at radius 3 is 2.83 bits per heavy atom. The lowest BCUT2D eigenvalue weighted by molar-refractivity contribution is 0.102. The number of aromatic nitrogens is 6. The van der Waals surface area contributed by atoms with Gasteiger partial charge in [0.25, 0.3) is 5.91 Å². The molecule has 0 unspecified atom stereocenters. The second-order valence-electron chi connectivity index (χ2n) is 4.98. The molecule has 3 aromatic heterocycles. The molecule has 0 atom stereocenters. The number of hydrogen-bond donors (Lipinski definition) is 1. The fraction of sp³-hybridized carbons (Fsp3) is 0. The van der Waals surface area contributed by atoms with Crippen LogP contribution in [0.4, 0.5) is 5.69 Å². The summed E-state index contributed by atoms with van der Waals surface area (Å²) in [5.41, 5.74) is 1.75. The van der Waals surface area contributed by atoms with Crippen LogP contribution in [0.2, 0.25) is 0 Å². The van der Waals surface area contributed by atoms with Crippen LogP contribution in [-0.4, -0.2) is 35.9 Å². The summed E-state index contributed by atoms with van der Waals surface area (Å²) in [5, 5.41) is 15.6. The van der Waals surface area contributed by atoms with Crippen molar-refractivity contribution in [2.75, 3.05) is 5.32 Å². The number of rotatable bonds is 3. The Morgan fingerprint density at radius 1 is 1.08 bits per heavy atom. The number of amides is 1. The zero-order valence-corrected chi connectivity index (χ0v) is 12.4. The van der Waals surface area contributed by atoms with E-state index in [9.17, 15) is 4.79 Å². The van der Waals surface area contributed by atoms with E-state index in [-0.39, 0.29) is 11.6 Å². The van der Waals surface area contributed by atoms with Crippen LogP contribution in [0.15, 0.2) is 61.3 Å². The maximum atomic E-state index is 12.3. The zero-order valence-electron chi connectivity index (χ0n) is 12.4. The summed E-state index contributed by atoms with van der Waals surface area (Å²) in [6, 6.07) is 12.5. The van der Waals surface area contributed by atoms with Crippen molar-refractivity contribution >= 4 is 22.5 Å². The van der Waals surface area contributed by atoms with Crippen LogP contribution < -0.4 is 5.32 Å². The van der Waals surface area contributed by atoms with E-state index in [0.29, 0.717) is 11.5 Å². The molecule has 0 aliphatic carbocycles. The third-order valence-corrected chi connectivity index (χ3v) is 3.40. The molecule has 4 aromatic rings. The molecule has 3 heterocycles. The fourth-order valence-corrected chi connectivity index (χ4v) is 2.24. The lowest BCUT2D eigenvalue weighted by Gasteiger charge is -2.06. The monoisotopic (exact) mass is 317 g/mol. The van der Waals surface area contributed by atoms with E-state index in [1.54, 1.807) is 24.4 Å². The molecule has 1 N–H and O–H groups in total. The van der Waals surface area contributed by atoms with E-state index in [1.165, 1.54) is 17.3 Å². The lowest BCUT2D eigenvalue weighted by atomic mass is 10.2. The summed E-state index contributed by atoms with van der Waals surface area (Å²) in [5.74, 6) is 0.150. The quantitative estimate of drug-likeness (QED) is 0.619. The van der Waals surface area contributed by atoms with Gasteiger partial charge in [0.05, 0.1) is 5.52 Å². The first-order valence-electron chi connectivity index (χ1n) is 7.14. The molecule has 0 bridgehead atoms. The smallest absolute Gasteiger partial charge is 0.276 e. The molecule has 0 spiro atoms. The third kappa shape index (κ3) is 2.68. The Morgan fingerprint density at radius 2 is 2.04 bits per heavy atom. The second-order valence-corrected chi connectivity index (χ2v) is 4.98. The molecule has 8 nitrogen and oxygen atoms in total. The van der Waals surface area contributed by atoms with E-state index in [1.807, 2.05) is 24.3 Å². The van der Waals surface area contributed by atoms with Gasteiger partial charge in [-0.05, 0) is 36.4 Å². The van der Waals surface area contributed by atoms with Crippen LogP contribution in [0.5, 0.6) is 0 Å². The highest BCUT2D eigenvalue weighted by Crippen LogP contribution is 2.17. The highest BCUT2D eigenvalue weighted by Gasteiger charge is 2.10. The van der Waals surface area contributed by atoms with Gasteiger partial charge < -0.3 is 5.32 Å². The number of nitrogens with one attached hydrogen (secondary N) is 1. The largest absolute Gasteiger partial charge is 0.321 e. The van der Waals surface area contributed by atoms with Gasteiger partial charge in [-0.3, -0.25) is 9.78 Å². The van der Waals surface area contributed by atoms with Crippen LogP contribution in [0.25, 0.3) is 16.7 Å².